The van der Waals surface area contributed by atoms with Crippen molar-refractivity contribution in [3.05, 3.63) is 12.2 Å². The average molecular weight is 155 g/mol. The van der Waals surface area contributed by atoms with E-state index in [0.717, 1.165) is 12.2 Å². The highest BCUT2D eigenvalue weighted by Gasteiger charge is 2.02. The van der Waals surface area contributed by atoms with Gasteiger partial charge in [0.2, 0.25) is 0 Å². The van der Waals surface area contributed by atoms with Gasteiger partial charge in [0.15, 0.2) is 6.29 Å². The Kier molecular flexibility index (Phi) is 4.78. The summed E-state index contributed by atoms with van der Waals surface area (Å²) in [5, 5.41) is 8.03. The molecule has 0 aromatic carbocycles. The van der Waals surface area contributed by atoms with E-state index < -0.39 is 12.3 Å². The van der Waals surface area contributed by atoms with Crippen LogP contribution in [0.1, 0.15) is 6.92 Å². The van der Waals surface area contributed by atoms with Gasteiger partial charge in [-0.25, -0.2) is 4.79 Å². The van der Waals surface area contributed by atoms with Gasteiger partial charge in [-0.2, -0.15) is 5.26 Å². The number of carbonyl (C=O) groups excluding carboxylic acids is 1. The minimum atomic E-state index is -0.582. The monoisotopic (exact) mass is 155 g/mol. The van der Waals surface area contributed by atoms with Gasteiger partial charge in [-0.05, 0) is 6.92 Å². The first-order valence-corrected chi connectivity index (χ1v) is 3.00. The fraction of sp³-hybridized carbons (Fsp3) is 0.429. The van der Waals surface area contributed by atoms with Gasteiger partial charge < -0.3 is 9.47 Å². The van der Waals surface area contributed by atoms with Crippen LogP contribution >= 0.6 is 0 Å². The zero-order valence-corrected chi connectivity index (χ0v) is 6.40. The van der Waals surface area contributed by atoms with E-state index in [1.807, 2.05) is 0 Å². The van der Waals surface area contributed by atoms with E-state index >= 15 is 0 Å². The lowest BCUT2D eigenvalue weighted by Crippen LogP contribution is -2.14. The Morgan fingerprint density at radius 2 is 2.36 bits per heavy atom. The van der Waals surface area contributed by atoms with Gasteiger partial charge in [0.25, 0.3) is 0 Å². The first-order chi connectivity index (χ1) is 5.20. The van der Waals surface area contributed by atoms with Crippen molar-refractivity contribution in [3.8, 4) is 6.07 Å². The van der Waals surface area contributed by atoms with Crippen LogP contribution in [0.15, 0.2) is 12.2 Å². The highest BCUT2D eigenvalue weighted by atomic mass is 16.7. The van der Waals surface area contributed by atoms with E-state index in [9.17, 15) is 4.79 Å². The van der Waals surface area contributed by atoms with Crippen LogP contribution in [0.5, 0.6) is 0 Å². The van der Waals surface area contributed by atoms with Crippen LogP contribution in [0, 0.1) is 11.3 Å². The molecule has 0 bridgehead atoms. The van der Waals surface area contributed by atoms with Gasteiger partial charge in [0, 0.05) is 19.3 Å². The molecule has 0 radical (unpaired) electrons. The molecule has 4 heteroatoms. The first-order valence-electron chi connectivity index (χ1n) is 3.00. The van der Waals surface area contributed by atoms with Gasteiger partial charge in [-0.3, -0.25) is 0 Å². The van der Waals surface area contributed by atoms with Crippen LogP contribution in [-0.2, 0) is 14.3 Å². The normalized spacial score (nSPS) is 12.5. The molecule has 0 aliphatic rings. The maximum atomic E-state index is 10.6. The summed E-state index contributed by atoms with van der Waals surface area (Å²) in [5.74, 6) is -0.582. The van der Waals surface area contributed by atoms with Crippen molar-refractivity contribution >= 4 is 5.97 Å². The van der Waals surface area contributed by atoms with E-state index in [-0.39, 0.29) is 0 Å². The minimum Gasteiger partial charge on any atom is -0.433 e. The fourth-order valence-corrected chi connectivity index (χ4v) is 0.356. The zero-order chi connectivity index (χ0) is 8.69. The van der Waals surface area contributed by atoms with Crippen LogP contribution in [0.2, 0.25) is 0 Å². The molecule has 0 aromatic heterocycles. The average Bonchev–Trinajstić information content (AvgIpc) is 2.00. The van der Waals surface area contributed by atoms with Crippen molar-refractivity contribution in [2.75, 3.05) is 7.11 Å². The number of carbonyl (C=O) groups is 1. The minimum absolute atomic E-state index is 0.578. The summed E-state index contributed by atoms with van der Waals surface area (Å²) >= 11 is 0. The predicted octanol–water partition coefficient (Wildman–Crippen LogP) is 0.602. The van der Waals surface area contributed by atoms with E-state index in [1.54, 1.807) is 13.0 Å². The summed E-state index contributed by atoms with van der Waals surface area (Å²) in [5.41, 5.74) is 0. The predicted molar refractivity (Wildman–Crippen MR) is 37.3 cm³/mol. The third-order valence-electron chi connectivity index (χ3n) is 0.908. The van der Waals surface area contributed by atoms with E-state index in [2.05, 4.69) is 9.47 Å². The number of esters is 1. The van der Waals surface area contributed by atoms with Crippen LogP contribution in [-0.4, -0.2) is 19.4 Å². The molecule has 0 heterocycles. The lowest BCUT2D eigenvalue weighted by Gasteiger charge is -2.07. The van der Waals surface area contributed by atoms with Crippen molar-refractivity contribution in [1.82, 2.24) is 0 Å². The summed E-state index contributed by atoms with van der Waals surface area (Å²) < 4.78 is 9.24. The Hall–Kier alpha value is -1.34. The van der Waals surface area contributed by atoms with Crippen LogP contribution in [0.25, 0.3) is 0 Å². The summed E-state index contributed by atoms with van der Waals surface area (Å²) in [6.45, 7) is 1.58. The summed E-state index contributed by atoms with van der Waals surface area (Å²) in [4.78, 5) is 10.6. The van der Waals surface area contributed by atoms with Gasteiger partial charge in [-0.1, -0.05) is 0 Å². The molecule has 0 amide bonds. The molecule has 1 atom stereocenters. The highest BCUT2D eigenvalue weighted by Crippen LogP contribution is 1.91. The van der Waals surface area contributed by atoms with Crippen molar-refractivity contribution in [2.24, 2.45) is 0 Å². The van der Waals surface area contributed by atoms with Crippen molar-refractivity contribution in [3.63, 3.8) is 0 Å². The van der Waals surface area contributed by atoms with E-state index in [0.29, 0.717) is 0 Å². The molecule has 0 saturated heterocycles. The molecule has 1 unspecified atom stereocenters. The van der Waals surface area contributed by atoms with Gasteiger partial charge >= 0.3 is 5.97 Å². The highest BCUT2D eigenvalue weighted by molar-refractivity contribution is 5.82. The molecule has 0 aromatic rings. The second kappa shape index (κ2) is 5.45. The second-order valence-corrected chi connectivity index (χ2v) is 1.70. The number of nitrogens with zero attached hydrogens (tertiary/aromatic N) is 1. The van der Waals surface area contributed by atoms with E-state index in [4.69, 9.17) is 5.26 Å². The Morgan fingerprint density at radius 1 is 1.73 bits per heavy atom. The van der Waals surface area contributed by atoms with Gasteiger partial charge in [0.05, 0.1) is 6.07 Å². The summed E-state index contributed by atoms with van der Waals surface area (Å²) in [7, 11) is 1.42. The number of ether oxygens (including phenoxy) is 2. The van der Waals surface area contributed by atoms with Crippen LogP contribution < -0.4 is 0 Å². The Balaban J connectivity index is 3.71. The van der Waals surface area contributed by atoms with Crippen molar-refractivity contribution in [1.29, 1.82) is 5.26 Å². The van der Waals surface area contributed by atoms with Crippen LogP contribution in [0.3, 0.4) is 0 Å². The molecule has 11 heavy (non-hydrogen) atoms. The molecule has 0 saturated carbocycles. The molecule has 60 valence electrons. The van der Waals surface area contributed by atoms with Crippen molar-refractivity contribution < 1.29 is 14.3 Å². The van der Waals surface area contributed by atoms with Gasteiger partial charge in [-0.15, -0.1) is 0 Å². The third kappa shape index (κ3) is 5.12. The molecule has 0 aliphatic heterocycles. The summed E-state index contributed by atoms with van der Waals surface area (Å²) in [6.07, 6.45) is 1.51. The Bertz CT molecular complexity index is 192. The molecular formula is C7H9NO3. The molecule has 0 N–H and O–H groups in total. The molecular weight excluding hydrogens is 146 g/mol. The fourth-order valence-electron chi connectivity index (χ4n) is 0.356. The number of methoxy groups -OCH3 is 1. The topological polar surface area (TPSA) is 59.3 Å². The Morgan fingerprint density at radius 3 is 2.82 bits per heavy atom. The standard InChI is InChI=1S/C7H9NO3/c1-6(10-2)11-7(9)4-3-5-8/h3-4,6H,1-2H3. The van der Waals surface area contributed by atoms with Crippen LogP contribution in [0.4, 0.5) is 0 Å². The number of nitriles is 1. The lowest BCUT2D eigenvalue weighted by molar-refractivity contribution is -0.163. The first kappa shape index (κ1) is 9.66. The second-order valence-electron chi connectivity index (χ2n) is 1.70. The number of allylic oxidation sites excluding steroid dienone is 1. The largest absolute Gasteiger partial charge is 0.433 e. The molecule has 0 aliphatic carbocycles. The zero-order valence-electron chi connectivity index (χ0n) is 6.40. The SMILES string of the molecule is COC(C)OC(=O)C=CC#N. The molecule has 0 rings (SSSR count). The van der Waals surface area contributed by atoms with Crippen molar-refractivity contribution in [2.45, 2.75) is 13.2 Å². The lowest BCUT2D eigenvalue weighted by atomic mass is 10.5. The maximum absolute atomic E-state index is 10.6. The molecule has 0 fully saturated rings. The third-order valence-corrected chi connectivity index (χ3v) is 0.908. The van der Waals surface area contributed by atoms with Gasteiger partial charge in [0.1, 0.15) is 0 Å². The molecule has 4 nitrogen and oxygen atoms in total. The number of hydrogen-bond acceptors (Lipinski definition) is 4. The molecule has 0 spiro atoms. The Labute approximate surface area is 65.0 Å². The number of hydrogen-bond donors (Lipinski definition) is 0. The van der Waals surface area contributed by atoms with E-state index in [1.165, 1.54) is 7.11 Å². The summed E-state index contributed by atoms with van der Waals surface area (Å²) in [6, 6.07) is 1.67. The quantitative estimate of drug-likeness (QED) is 0.259. The maximum Gasteiger partial charge on any atom is 0.333 e. The number of rotatable bonds is 3. The smallest absolute Gasteiger partial charge is 0.333 e.